The van der Waals surface area contributed by atoms with Gasteiger partial charge in [-0.3, -0.25) is 14.9 Å². The normalized spacial score (nSPS) is 15.4. The van der Waals surface area contributed by atoms with Crippen molar-refractivity contribution in [2.24, 2.45) is 5.92 Å². The number of carbonyl (C=O) groups is 3. The van der Waals surface area contributed by atoms with Crippen LogP contribution in [-0.4, -0.2) is 25.0 Å². The molecule has 1 atom stereocenters. The Hall–Kier alpha value is -2.67. The van der Waals surface area contributed by atoms with Crippen LogP contribution in [0.1, 0.15) is 50.8 Å². The van der Waals surface area contributed by atoms with E-state index in [1.807, 2.05) is 32.0 Å². The van der Waals surface area contributed by atoms with Crippen LogP contribution in [0, 0.1) is 19.8 Å². The summed E-state index contributed by atoms with van der Waals surface area (Å²) in [5, 5.41) is 5.64. The lowest BCUT2D eigenvalue weighted by Gasteiger charge is -2.18. The maximum Gasteiger partial charge on any atom is 0.413 e. The minimum absolute atomic E-state index is 0.185. The smallest absolute Gasteiger partial charge is 0.413 e. The highest BCUT2D eigenvalue weighted by molar-refractivity contribution is 7.17. The molecule has 0 radical (unpaired) electrons. The highest BCUT2D eigenvalue weighted by atomic mass is 32.1. The monoisotopic (exact) mass is 414 g/mol. The van der Waals surface area contributed by atoms with Crippen molar-refractivity contribution in [3.05, 3.63) is 50.9 Å². The van der Waals surface area contributed by atoms with Gasteiger partial charge in [0, 0.05) is 4.88 Å². The molecule has 29 heavy (non-hydrogen) atoms. The number of imide groups is 1. The number of nitrogens with one attached hydrogen (secondary N) is 2. The predicted molar refractivity (Wildman–Crippen MR) is 114 cm³/mol. The SMILES string of the molecule is COC(=O)NC(=O)c1c(NC(=O)Cc2ccc(C)cc2C)sc2c1CC[C@@H](C)C2. The van der Waals surface area contributed by atoms with Gasteiger partial charge in [0.05, 0.1) is 19.1 Å². The lowest BCUT2D eigenvalue weighted by atomic mass is 9.88. The van der Waals surface area contributed by atoms with E-state index in [1.165, 1.54) is 18.4 Å². The maximum atomic E-state index is 12.7. The molecule has 2 aromatic rings. The van der Waals surface area contributed by atoms with Gasteiger partial charge in [-0.05, 0) is 55.7 Å². The van der Waals surface area contributed by atoms with Gasteiger partial charge < -0.3 is 10.1 Å². The van der Waals surface area contributed by atoms with Crippen molar-refractivity contribution >= 4 is 34.2 Å². The highest BCUT2D eigenvalue weighted by Crippen LogP contribution is 2.39. The Morgan fingerprint density at radius 1 is 1.24 bits per heavy atom. The minimum Gasteiger partial charge on any atom is -0.453 e. The summed E-state index contributed by atoms with van der Waals surface area (Å²) in [4.78, 5) is 38.1. The number of hydrogen-bond donors (Lipinski definition) is 2. The minimum atomic E-state index is -0.813. The first-order valence-corrected chi connectivity index (χ1v) is 10.5. The van der Waals surface area contributed by atoms with Crippen LogP contribution >= 0.6 is 11.3 Å². The molecule has 1 aromatic heterocycles. The van der Waals surface area contributed by atoms with Crippen LogP contribution in [0.5, 0.6) is 0 Å². The van der Waals surface area contributed by atoms with Crippen LogP contribution in [0.3, 0.4) is 0 Å². The molecule has 7 heteroatoms. The number of aryl methyl sites for hydroxylation is 2. The summed E-state index contributed by atoms with van der Waals surface area (Å²) in [6.45, 7) is 6.17. The number of ether oxygens (including phenoxy) is 1. The zero-order valence-corrected chi connectivity index (χ0v) is 18.0. The maximum absolute atomic E-state index is 12.7. The van der Waals surface area contributed by atoms with E-state index < -0.39 is 12.0 Å². The van der Waals surface area contributed by atoms with Crippen molar-refractivity contribution in [3.63, 3.8) is 0 Å². The van der Waals surface area contributed by atoms with E-state index in [9.17, 15) is 14.4 Å². The second-order valence-electron chi connectivity index (χ2n) is 7.66. The fraction of sp³-hybridized carbons (Fsp3) is 0.409. The van der Waals surface area contributed by atoms with E-state index in [0.29, 0.717) is 16.5 Å². The zero-order chi connectivity index (χ0) is 21.1. The van der Waals surface area contributed by atoms with Gasteiger partial charge >= 0.3 is 6.09 Å². The number of methoxy groups -OCH3 is 1. The molecule has 0 saturated heterocycles. The van der Waals surface area contributed by atoms with Crippen LogP contribution < -0.4 is 10.6 Å². The number of amides is 3. The first kappa shape index (κ1) is 21.0. The summed E-state index contributed by atoms with van der Waals surface area (Å²) in [6.07, 6.45) is 2.00. The molecule has 0 unspecified atom stereocenters. The Balaban J connectivity index is 1.86. The van der Waals surface area contributed by atoms with Crippen molar-refractivity contribution < 1.29 is 19.1 Å². The van der Waals surface area contributed by atoms with E-state index >= 15 is 0 Å². The molecular formula is C22H26N2O4S. The number of hydrogen-bond acceptors (Lipinski definition) is 5. The largest absolute Gasteiger partial charge is 0.453 e. The van der Waals surface area contributed by atoms with E-state index in [4.69, 9.17) is 0 Å². The van der Waals surface area contributed by atoms with Crippen molar-refractivity contribution in [1.82, 2.24) is 5.32 Å². The molecule has 0 bridgehead atoms. The number of rotatable bonds is 4. The Bertz CT molecular complexity index is 964. The summed E-state index contributed by atoms with van der Waals surface area (Å²) in [7, 11) is 1.21. The molecule has 0 saturated carbocycles. The van der Waals surface area contributed by atoms with Gasteiger partial charge in [-0.15, -0.1) is 11.3 Å². The van der Waals surface area contributed by atoms with E-state index in [1.54, 1.807) is 0 Å². The number of thiophene rings is 1. The lowest BCUT2D eigenvalue weighted by molar-refractivity contribution is -0.115. The molecule has 1 aliphatic rings. The predicted octanol–water partition coefficient (Wildman–Crippen LogP) is 4.17. The van der Waals surface area contributed by atoms with E-state index in [0.717, 1.165) is 46.4 Å². The van der Waals surface area contributed by atoms with Crippen molar-refractivity contribution in [3.8, 4) is 0 Å². The molecule has 0 aliphatic heterocycles. The third-order valence-corrected chi connectivity index (χ3v) is 6.41. The van der Waals surface area contributed by atoms with Crippen LogP contribution in [0.2, 0.25) is 0 Å². The second-order valence-corrected chi connectivity index (χ2v) is 8.76. The van der Waals surface area contributed by atoms with Gasteiger partial charge in [0.15, 0.2) is 0 Å². The van der Waals surface area contributed by atoms with E-state index in [-0.39, 0.29) is 12.3 Å². The summed E-state index contributed by atoms with van der Waals surface area (Å²) < 4.78 is 4.55. The third kappa shape index (κ3) is 4.85. The lowest BCUT2D eigenvalue weighted by Crippen LogP contribution is -2.31. The van der Waals surface area contributed by atoms with Gasteiger partial charge in [-0.25, -0.2) is 4.79 Å². The van der Waals surface area contributed by atoms with Gasteiger partial charge in [0.1, 0.15) is 5.00 Å². The first-order chi connectivity index (χ1) is 13.8. The number of anilines is 1. The van der Waals surface area contributed by atoms with Crippen molar-refractivity contribution in [2.75, 3.05) is 12.4 Å². The zero-order valence-electron chi connectivity index (χ0n) is 17.2. The molecule has 1 aliphatic carbocycles. The number of carbonyl (C=O) groups excluding carboxylic acids is 3. The average Bonchev–Trinajstić information content (AvgIpc) is 3.00. The Morgan fingerprint density at radius 2 is 2.00 bits per heavy atom. The topological polar surface area (TPSA) is 84.5 Å². The summed E-state index contributed by atoms with van der Waals surface area (Å²) in [5.41, 5.74) is 4.47. The summed E-state index contributed by atoms with van der Waals surface area (Å²) in [6, 6.07) is 5.98. The molecule has 0 spiro atoms. The molecular weight excluding hydrogens is 388 g/mol. The standard InChI is InChI=1S/C22H26N2O4S/c1-12-5-7-15(14(3)9-12)11-18(25)23-21-19(20(26)24-22(27)28-4)16-8-6-13(2)10-17(16)29-21/h5,7,9,13H,6,8,10-11H2,1-4H3,(H,23,25)(H,24,26,27)/t13-/m1/s1. The Labute approximate surface area is 174 Å². The average molecular weight is 415 g/mol. The van der Waals surface area contributed by atoms with Crippen molar-refractivity contribution in [2.45, 2.75) is 46.5 Å². The molecule has 2 N–H and O–H groups in total. The molecule has 6 nitrogen and oxygen atoms in total. The van der Waals surface area contributed by atoms with Gasteiger partial charge in [-0.2, -0.15) is 0 Å². The second kappa shape index (κ2) is 8.78. The first-order valence-electron chi connectivity index (χ1n) is 9.68. The fourth-order valence-electron chi connectivity index (χ4n) is 3.67. The third-order valence-electron chi connectivity index (χ3n) is 5.24. The van der Waals surface area contributed by atoms with Crippen LogP contribution in [0.4, 0.5) is 9.80 Å². The molecule has 3 rings (SSSR count). The molecule has 3 amide bonds. The van der Waals surface area contributed by atoms with Crippen LogP contribution in [0.15, 0.2) is 18.2 Å². The number of fused-ring (bicyclic) bond motifs is 1. The van der Waals surface area contributed by atoms with Crippen LogP contribution in [0.25, 0.3) is 0 Å². The number of alkyl carbamates (subject to hydrolysis) is 1. The van der Waals surface area contributed by atoms with E-state index in [2.05, 4.69) is 22.3 Å². The van der Waals surface area contributed by atoms with Gasteiger partial charge in [0.25, 0.3) is 5.91 Å². The summed E-state index contributed by atoms with van der Waals surface area (Å²) >= 11 is 1.43. The van der Waals surface area contributed by atoms with Crippen LogP contribution in [-0.2, 0) is 28.8 Å². The highest BCUT2D eigenvalue weighted by Gasteiger charge is 2.29. The molecule has 0 fully saturated rings. The molecule has 1 aromatic carbocycles. The molecule has 1 heterocycles. The van der Waals surface area contributed by atoms with Crippen molar-refractivity contribution in [1.29, 1.82) is 0 Å². The Morgan fingerprint density at radius 3 is 2.69 bits per heavy atom. The quantitative estimate of drug-likeness (QED) is 0.786. The Kier molecular flexibility index (Phi) is 6.37. The van der Waals surface area contributed by atoms with Gasteiger partial charge in [-0.1, -0.05) is 30.7 Å². The summed E-state index contributed by atoms with van der Waals surface area (Å²) in [5.74, 6) is -0.196. The molecule has 154 valence electrons. The number of benzene rings is 1. The fourth-order valence-corrected chi connectivity index (χ4v) is 5.10. The van der Waals surface area contributed by atoms with Gasteiger partial charge in [0.2, 0.25) is 5.91 Å².